The SMILES string of the molecule is O=C(O)COc1c(C(=O)OCc2ccccc2[N+](=O)[O-])sc(-c2cccc(NC3CCN(S(=O)(=O)Cc4ccccc4)CC3)c2)c1Cl. The first-order valence-electron chi connectivity index (χ1n) is 14.5. The van der Waals surface area contributed by atoms with Crippen molar-refractivity contribution in [2.75, 3.05) is 25.0 Å². The lowest BCUT2D eigenvalue weighted by Crippen LogP contribution is -2.42. The molecule has 5 rings (SSSR count). The third-order valence-electron chi connectivity index (χ3n) is 7.42. The number of rotatable bonds is 13. The number of hydrogen-bond donors (Lipinski definition) is 2. The van der Waals surface area contributed by atoms with E-state index in [-0.39, 0.29) is 38.7 Å². The molecule has 3 aromatic carbocycles. The number of carbonyl (C=O) groups is 2. The Morgan fingerprint density at radius 1 is 1.04 bits per heavy atom. The quantitative estimate of drug-likeness (QED) is 0.0932. The summed E-state index contributed by atoms with van der Waals surface area (Å²) in [4.78, 5) is 35.5. The summed E-state index contributed by atoms with van der Waals surface area (Å²) in [5, 5.41) is 24.0. The number of halogens is 1. The van der Waals surface area contributed by atoms with Gasteiger partial charge in [0, 0.05) is 30.9 Å². The second-order valence-corrected chi connectivity index (χ2v) is 14.1. The number of carbonyl (C=O) groups excluding carboxylic acids is 1. The largest absolute Gasteiger partial charge is 0.479 e. The van der Waals surface area contributed by atoms with Crippen LogP contribution in [0.4, 0.5) is 11.4 Å². The molecular formula is C32H30ClN3O9S2. The van der Waals surface area contributed by atoms with Crippen molar-refractivity contribution in [1.82, 2.24) is 4.31 Å². The number of anilines is 1. The Hall–Kier alpha value is -4.50. The topological polar surface area (TPSA) is 165 Å². The number of ether oxygens (including phenoxy) is 2. The van der Waals surface area contributed by atoms with Crippen molar-refractivity contribution in [2.24, 2.45) is 0 Å². The number of carboxylic acid groups (broad SMARTS) is 1. The summed E-state index contributed by atoms with van der Waals surface area (Å²) in [6.45, 7) is -0.400. The van der Waals surface area contributed by atoms with Crippen LogP contribution in [0.5, 0.6) is 5.75 Å². The van der Waals surface area contributed by atoms with Gasteiger partial charge in [-0.2, -0.15) is 0 Å². The number of piperidine rings is 1. The fourth-order valence-corrected chi connectivity index (χ4v) is 8.16. The zero-order valence-electron chi connectivity index (χ0n) is 24.8. The first-order valence-corrected chi connectivity index (χ1v) is 17.3. The number of nitro groups is 1. The molecule has 1 aliphatic rings. The van der Waals surface area contributed by atoms with Crippen LogP contribution in [0.25, 0.3) is 10.4 Å². The molecule has 47 heavy (non-hydrogen) atoms. The summed E-state index contributed by atoms with van der Waals surface area (Å²) in [6, 6.07) is 22.1. The van der Waals surface area contributed by atoms with E-state index in [1.807, 2.05) is 30.3 Å². The minimum atomic E-state index is -3.45. The molecule has 2 heterocycles. The van der Waals surface area contributed by atoms with Crippen LogP contribution in [0.3, 0.4) is 0 Å². The Morgan fingerprint density at radius 3 is 2.45 bits per heavy atom. The Kier molecular flexibility index (Phi) is 10.8. The molecule has 1 fully saturated rings. The maximum Gasteiger partial charge on any atom is 0.352 e. The van der Waals surface area contributed by atoms with E-state index in [0.29, 0.717) is 36.4 Å². The van der Waals surface area contributed by atoms with E-state index in [4.69, 9.17) is 21.1 Å². The zero-order valence-corrected chi connectivity index (χ0v) is 27.2. The van der Waals surface area contributed by atoms with E-state index >= 15 is 0 Å². The molecule has 0 aliphatic carbocycles. The van der Waals surface area contributed by atoms with Gasteiger partial charge in [0.1, 0.15) is 11.6 Å². The molecule has 0 amide bonds. The predicted molar refractivity (Wildman–Crippen MR) is 177 cm³/mol. The molecule has 0 atom stereocenters. The predicted octanol–water partition coefficient (Wildman–Crippen LogP) is 6.20. The van der Waals surface area contributed by atoms with Gasteiger partial charge in [-0.15, -0.1) is 11.3 Å². The normalized spacial score (nSPS) is 14.0. The van der Waals surface area contributed by atoms with Crippen LogP contribution in [0.15, 0.2) is 78.9 Å². The van der Waals surface area contributed by atoms with E-state index in [0.717, 1.165) is 22.6 Å². The molecular weight excluding hydrogens is 670 g/mol. The van der Waals surface area contributed by atoms with Crippen molar-refractivity contribution < 1.29 is 37.5 Å². The number of hydrogen-bond acceptors (Lipinski definition) is 10. The lowest BCUT2D eigenvalue weighted by atomic mass is 10.1. The highest BCUT2D eigenvalue weighted by molar-refractivity contribution is 7.88. The van der Waals surface area contributed by atoms with Crippen LogP contribution in [-0.4, -0.2) is 60.4 Å². The molecule has 246 valence electrons. The van der Waals surface area contributed by atoms with Crippen LogP contribution in [0.2, 0.25) is 5.02 Å². The van der Waals surface area contributed by atoms with Crippen molar-refractivity contribution >= 4 is 56.3 Å². The standard InChI is InChI=1S/C32H30ClN3O9S2/c33-28-29(44-19-27(37)38)31(32(39)45-18-23-9-4-5-12-26(23)36(40)41)46-30(28)22-10-6-11-25(17-22)34-24-13-15-35(16-14-24)47(42,43)20-21-7-2-1-3-8-21/h1-12,17,24,34H,13-16,18-20H2,(H,37,38). The van der Waals surface area contributed by atoms with Crippen molar-refractivity contribution in [3.05, 3.63) is 110 Å². The van der Waals surface area contributed by atoms with E-state index in [9.17, 15) is 33.2 Å². The van der Waals surface area contributed by atoms with Gasteiger partial charge >= 0.3 is 11.9 Å². The number of esters is 1. The van der Waals surface area contributed by atoms with Gasteiger partial charge in [-0.25, -0.2) is 22.3 Å². The first kappa shape index (κ1) is 33.9. The minimum Gasteiger partial charge on any atom is -0.479 e. The number of aliphatic carboxylic acids is 1. The van der Waals surface area contributed by atoms with Gasteiger partial charge in [0.15, 0.2) is 17.2 Å². The summed E-state index contributed by atoms with van der Waals surface area (Å²) in [5.41, 5.74) is 2.07. The molecule has 0 bridgehead atoms. The molecule has 12 nitrogen and oxygen atoms in total. The molecule has 1 aliphatic heterocycles. The molecule has 0 spiro atoms. The highest BCUT2D eigenvalue weighted by Crippen LogP contribution is 2.46. The first-order chi connectivity index (χ1) is 22.5. The fourth-order valence-electron chi connectivity index (χ4n) is 5.14. The molecule has 0 radical (unpaired) electrons. The Balaban J connectivity index is 1.29. The minimum absolute atomic E-state index is 0.00859. The van der Waals surface area contributed by atoms with Crippen molar-refractivity contribution in [1.29, 1.82) is 0 Å². The van der Waals surface area contributed by atoms with Gasteiger partial charge in [-0.1, -0.05) is 66.2 Å². The van der Waals surface area contributed by atoms with Crippen LogP contribution < -0.4 is 10.1 Å². The number of nitrogens with zero attached hydrogens (tertiary/aromatic N) is 2. The third kappa shape index (κ3) is 8.46. The molecule has 1 saturated heterocycles. The summed E-state index contributed by atoms with van der Waals surface area (Å²) >= 11 is 7.59. The molecule has 0 saturated carbocycles. The summed E-state index contributed by atoms with van der Waals surface area (Å²) in [6.07, 6.45) is 1.20. The van der Waals surface area contributed by atoms with E-state index < -0.39 is 40.1 Å². The highest BCUT2D eigenvalue weighted by Gasteiger charge is 2.29. The van der Waals surface area contributed by atoms with Crippen LogP contribution in [0.1, 0.15) is 33.6 Å². The van der Waals surface area contributed by atoms with Crippen LogP contribution >= 0.6 is 22.9 Å². The highest BCUT2D eigenvalue weighted by atomic mass is 35.5. The number of carboxylic acids is 1. The van der Waals surface area contributed by atoms with Crippen LogP contribution in [0, 0.1) is 10.1 Å². The average Bonchev–Trinajstić information content (AvgIpc) is 3.39. The second kappa shape index (κ2) is 14.9. The second-order valence-electron chi connectivity index (χ2n) is 10.7. The zero-order chi connectivity index (χ0) is 33.6. The van der Waals surface area contributed by atoms with E-state index in [2.05, 4.69) is 5.32 Å². The lowest BCUT2D eigenvalue weighted by Gasteiger charge is -2.32. The number of para-hydroxylation sites is 1. The van der Waals surface area contributed by atoms with Gasteiger partial charge in [-0.3, -0.25) is 10.1 Å². The van der Waals surface area contributed by atoms with Crippen molar-refractivity contribution in [3.8, 4) is 16.2 Å². The van der Waals surface area contributed by atoms with Gasteiger partial charge in [-0.05, 0) is 42.2 Å². The van der Waals surface area contributed by atoms with E-state index in [1.165, 1.54) is 22.5 Å². The Morgan fingerprint density at radius 2 is 1.74 bits per heavy atom. The van der Waals surface area contributed by atoms with Crippen LogP contribution in [-0.2, 0) is 31.9 Å². The third-order valence-corrected chi connectivity index (χ3v) is 10.9. The summed E-state index contributed by atoms with van der Waals surface area (Å²) in [7, 11) is -3.45. The average molecular weight is 700 g/mol. The van der Waals surface area contributed by atoms with Gasteiger partial charge in [0.2, 0.25) is 10.0 Å². The van der Waals surface area contributed by atoms with E-state index in [1.54, 1.807) is 30.3 Å². The Labute approximate surface area is 279 Å². The monoisotopic (exact) mass is 699 g/mol. The smallest absolute Gasteiger partial charge is 0.352 e. The van der Waals surface area contributed by atoms with Gasteiger partial charge < -0.3 is 19.9 Å². The maximum absolute atomic E-state index is 13.2. The molecule has 1 aromatic heterocycles. The molecule has 4 aromatic rings. The number of nitrogens with one attached hydrogen (secondary N) is 1. The number of thiophene rings is 1. The van der Waals surface area contributed by atoms with Crippen molar-refractivity contribution in [2.45, 2.75) is 31.2 Å². The molecule has 0 unspecified atom stereocenters. The fraction of sp³-hybridized carbons (Fsp3) is 0.250. The maximum atomic E-state index is 13.2. The summed E-state index contributed by atoms with van der Waals surface area (Å²) in [5.74, 6) is -2.37. The van der Waals surface area contributed by atoms with Gasteiger partial charge in [0.25, 0.3) is 5.69 Å². The number of benzene rings is 3. The number of nitro benzene ring substituents is 1. The summed E-state index contributed by atoms with van der Waals surface area (Å²) < 4.78 is 38.2. The molecule has 15 heteroatoms. The van der Waals surface area contributed by atoms with Gasteiger partial charge in [0.05, 0.1) is 21.1 Å². The lowest BCUT2D eigenvalue weighted by molar-refractivity contribution is -0.385. The molecule has 2 N–H and O–H groups in total. The van der Waals surface area contributed by atoms with Crippen molar-refractivity contribution in [3.63, 3.8) is 0 Å². The number of sulfonamides is 1. The Bertz CT molecular complexity index is 1880.